The van der Waals surface area contributed by atoms with Gasteiger partial charge in [0.05, 0.1) is 5.69 Å². The smallest absolute Gasteiger partial charge is 0.284 e. The highest BCUT2D eigenvalue weighted by atomic mass is 127. The second kappa shape index (κ2) is 10.3. The highest BCUT2D eigenvalue weighted by Crippen LogP contribution is 2.10. The predicted octanol–water partition coefficient (Wildman–Crippen LogP) is 1.27. The number of piperazine rings is 1. The van der Waals surface area contributed by atoms with E-state index in [4.69, 9.17) is 14.7 Å². The maximum Gasteiger partial charge on any atom is 0.284 e. The van der Waals surface area contributed by atoms with Gasteiger partial charge >= 0.3 is 0 Å². The van der Waals surface area contributed by atoms with E-state index in [1.807, 2.05) is 13.0 Å². The molecule has 0 bridgehead atoms. The van der Waals surface area contributed by atoms with Crippen LogP contribution in [-0.4, -0.2) is 59.5 Å². The molecule has 3 N–H and O–H groups in total. The Morgan fingerprint density at radius 1 is 1.30 bits per heavy atom. The third kappa shape index (κ3) is 5.96. The number of hydrogen-bond acceptors (Lipinski definition) is 6. The van der Waals surface area contributed by atoms with Crippen LogP contribution in [0.4, 0.5) is 0 Å². The number of halogens is 1. The number of amides is 1. The number of carbonyl (C=O) groups is 1. The second-order valence-electron chi connectivity index (χ2n) is 6.05. The van der Waals surface area contributed by atoms with Gasteiger partial charge in [-0.15, -0.1) is 24.0 Å². The number of nitrogens with zero attached hydrogens (tertiary/aromatic N) is 4. The third-order valence-corrected chi connectivity index (χ3v) is 4.17. The second-order valence-corrected chi connectivity index (χ2v) is 6.05. The Labute approximate surface area is 175 Å². The Hall–Kier alpha value is -2.08. The van der Waals surface area contributed by atoms with Crippen LogP contribution in [0.25, 0.3) is 0 Å². The first-order chi connectivity index (χ1) is 12.7. The van der Waals surface area contributed by atoms with Gasteiger partial charge in [0.1, 0.15) is 18.6 Å². The van der Waals surface area contributed by atoms with Crippen LogP contribution in [0.5, 0.6) is 0 Å². The summed E-state index contributed by atoms with van der Waals surface area (Å²) in [5.41, 5.74) is 6.15. The molecule has 0 saturated carbocycles. The summed E-state index contributed by atoms with van der Waals surface area (Å²) in [6.45, 7) is 7.54. The number of rotatable bonds is 6. The number of aromatic nitrogens is 1. The minimum absolute atomic E-state index is 0. The lowest BCUT2D eigenvalue weighted by molar-refractivity contribution is 0.0972. The summed E-state index contributed by atoms with van der Waals surface area (Å²) in [5.74, 6) is 1.03. The number of nitrogens with two attached hydrogens (primary N) is 1. The van der Waals surface area contributed by atoms with Crippen LogP contribution in [0, 0.1) is 0 Å². The number of nitrogens with one attached hydrogen (secondary N) is 1. The average molecular weight is 488 g/mol. The monoisotopic (exact) mass is 488 g/mol. The molecular formula is C17H25IN6O3. The van der Waals surface area contributed by atoms with Gasteiger partial charge in [-0.1, -0.05) is 5.16 Å². The van der Waals surface area contributed by atoms with Gasteiger partial charge in [0, 0.05) is 45.3 Å². The molecule has 1 aliphatic rings. The summed E-state index contributed by atoms with van der Waals surface area (Å²) in [5, 5.41) is 7.27. The van der Waals surface area contributed by atoms with Crippen LogP contribution in [0.2, 0.25) is 0 Å². The highest BCUT2D eigenvalue weighted by Gasteiger charge is 2.20. The van der Waals surface area contributed by atoms with Crippen LogP contribution in [0.3, 0.4) is 0 Å². The van der Waals surface area contributed by atoms with Crippen molar-refractivity contribution >= 4 is 35.8 Å². The van der Waals surface area contributed by atoms with Crippen molar-refractivity contribution in [2.24, 2.45) is 10.7 Å². The van der Waals surface area contributed by atoms with E-state index in [0.717, 1.165) is 50.9 Å². The van der Waals surface area contributed by atoms with Gasteiger partial charge in [0.15, 0.2) is 11.7 Å². The molecule has 0 aromatic carbocycles. The molecule has 1 fully saturated rings. The van der Waals surface area contributed by atoms with E-state index in [-0.39, 0.29) is 29.7 Å². The number of furan rings is 1. The van der Waals surface area contributed by atoms with Crippen LogP contribution < -0.4 is 11.1 Å². The molecule has 3 rings (SSSR count). The molecule has 0 radical (unpaired) electrons. The normalized spacial score (nSPS) is 15.4. The Morgan fingerprint density at radius 3 is 2.67 bits per heavy atom. The number of guanidine groups is 1. The Kier molecular flexibility index (Phi) is 8.10. The lowest BCUT2D eigenvalue weighted by atomic mass is 10.3. The highest BCUT2D eigenvalue weighted by molar-refractivity contribution is 14.0. The van der Waals surface area contributed by atoms with Gasteiger partial charge in [-0.2, -0.15) is 0 Å². The van der Waals surface area contributed by atoms with Gasteiger partial charge < -0.3 is 24.9 Å². The van der Waals surface area contributed by atoms with Crippen molar-refractivity contribution in [1.29, 1.82) is 0 Å². The lowest BCUT2D eigenvalue weighted by Gasteiger charge is -2.36. The standard InChI is InChI=1S/C17H24N6O3.HI/c1-2-19-17(20-11-14-3-4-15(26-14)16(18)24)23-8-6-22(7-9-23)12-13-5-10-25-21-13;/h3-5,10H,2,6-9,11-12H2,1H3,(H2,18,24)(H,19,20);1H. The maximum atomic E-state index is 11.1. The summed E-state index contributed by atoms with van der Waals surface area (Å²) in [7, 11) is 0. The van der Waals surface area contributed by atoms with E-state index in [9.17, 15) is 4.79 Å². The Morgan fingerprint density at radius 2 is 2.07 bits per heavy atom. The molecule has 0 spiro atoms. The SMILES string of the molecule is CCNC(=NCc1ccc(C(N)=O)o1)N1CCN(Cc2ccon2)CC1.I. The van der Waals surface area contributed by atoms with E-state index in [0.29, 0.717) is 12.3 Å². The molecule has 0 unspecified atom stereocenters. The Bertz CT molecular complexity index is 738. The fraction of sp³-hybridized carbons (Fsp3) is 0.471. The van der Waals surface area contributed by atoms with Crippen LogP contribution in [0.1, 0.15) is 28.9 Å². The largest absolute Gasteiger partial charge is 0.454 e. The van der Waals surface area contributed by atoms with Crippen molar-refractivity contribution in [2.75, 3.05) is 32.7 Å². The fourth-order valence-corrected chi connectivity index (χ4v) is 2.84. The van der Waals surface area contributed by atoms with Crippen LogP contribution >= 0.6 is 24.0 Å². The number of hydrogen-bond donors (Lipinski definition) is 2. The first-order valence-corrected chi connectivity index (χ1v) is 8.69. The van der Waals surface area contributed by atoms with Crippen molar-refractivity contribution in [3.63, 3.8) is 0 Å². The molecule has 10 heteroatoms. The number of aliphatic imine (C=N–C) groups is 1. The zero-order chi connectivity index (χ0) is 18.4. The number of carbonyl (C=O) groups excluding carboxylic acids is 1. The average Bonchev–Trinajstić information content (AvgIpc) is 3.31. The summed E-state index contributed by atoms with van der Waals surface area (Å²) in [6.07, 6.45) is 1.60. The fourth-order valence-electron chi connectivity index (χ4n) is 2.84. The molecule has 2 aromatic rings. The first kappa shape index (κ1) is 21.2. The van der Waals surface area contributed by atoms with Crippen molar-refractivity contribution in [3.8, 4) is 0 Å². The third-order valence-electron chi connectivity index (χ3n) is 4.17. The lowest BCUT2D eigenvalue weighted by Crippen LogP contribution is -2.52. The van der Waals surface area contributed by atoms with Crippen molar-refractivity contribution in [2.45, 2.75) is 20.0 Å². The van der Waals surface area contributed by atoms with E-state index in [1.165, 1.54) is 0 Å². The number of primary amides is 1. The molecule has 0 aliphatic carbocycles. The molecule has 1 amide bonds. The van der Waals surface area contributed by atoms with Crippen molar-refractivity contribution < 1.29 is 13.7 Å². The van der Waals surface area contributed by atoms with E-state index in [1.54, 1.807) is 18.4 Å². The zero-order valence-corrected chi connectivity index (χ0v) is 17.6. The topological polar surface area (TPSA) is 113 Å². The minimum atomic E-state index is -0.574. The molecule has 1 aliphatic heterocycles. The first-order valence-electron chi connectivity index (χ1n) is 8.69. The maximum absolute atomic E-state index is 11.1. The molecule has 9 nitrogen and oxygen atoms in total. The van der Waals surface area contributed by atoms with Gasteiger partial charge in [0.25, 0.3) is 5.91 Å². The van der Waals surface area contributed by atoms with E-state index in [2.05, 4.69) is 25.3 Å². The summed E-state index contributed by atoms with van der Waals surface area (Å²) in [6, 6.07) is 5.19. The van der Waals surface area contributed by atoms with E-state index < -0.39 is 5.91 Å². The molecule has 27 heavy (non-hydrogen) atoms. The molecular weight excluding hydrogens is 463 g/mol. The predicted molar refractivity (Wildman–Crippen MR) is 111 cm³/mol. The molecule has 2 aromatic heterocycles. The summed E-state index contributed by atoms with van der Waals surface area (Å²) in [4.78, 5) is 20.3. The quantitative estimate of drug-likeness (QED) is 0.358. The van der Waals surface area contributed by atoms with Gasteiger partial charge in [-0.05, 0) is 19.1 Å². The Balaban J connectivity index is 0.00000261. The summed E-state index contributed by atoms with van der Waals surface area (Å²) < 4.78 is 10.3. The van der Waals surface area contributed by atoms with Gasteiger partial charge in [0.2, 0.25) is 0 Å². The molecule has 1 saturated heterocycles. The summed E-state index contributed by atoms with van der Waals surface area (Å²) >= 11 is 0. The minimum Gasteiger partial charge on any atom is -0.454 e. The van der Waals surface area contributed by atoms with E-state index >= 15 is 0 Å². The molecule has 148 valence electrons. The zero-order valence-electron chi connectivity index (χ0n) is 15.3. The van der Waals surface area contributed by atoms with Crippen LogP contribution in [0.15, 0.2) is 38.4 Å². The molecule has 3 heterocycles. The van der Waals surface area contributed by atoms with Crippen molar-refractivity contribution in [1.82, 2.24) is 20.3 Å². The van der Waals surface area contributed by atoms with Gasteiger partial charge in [-0.25, -0.2) is 4.99 Å². The van der Waals surface area contributed by atoms with Crippen molar-refractivity contribution in [3.05, 3.63) is 41.7 Å². The van der Waals surface area contributed by atoms with Gasteiger partial charge in [-0.3, -0.25) is 9.69 Å². The molecule has 0 atom stereocenters. The van der Waals surface area contributed by atoms with Crippen LogP contribution in [-0.2, 0) is 13.1 Å².